The molecule has 2 aliphatic rings. The minimum Gasteiger partial charge on any atom is -0.355 e. The van der Waals surface area contributed by atoms with E-state index in [0.717, 1.165) is 13.3 Å². The Balaban J connectivity index is 1.60. The maximum absolute atomic E-state index is 2.49. The van der Waals surface area contributed by atoms with Gasteiger partial charge in [0.15, 0.2) is 0 Å². The van der Waals surface area contributed by atoms with Crippen molar-refractivity contribution in [1.82, 2.24) is 0 Å². The molecule has 0 fully saturated rings. The molecule has 0 saturated carbocycles. The molecule has 4 nitrogen and oxygen atoms in total. The monoisotopic (exact) mass is 530 g/mol. The van der Waals surface area contributed by atoms with Crippen molar-refractivity contribution in [3.63, 3.8) is 0 Å². The standard InChI is InChI=1S/C36H42N4/c1-23(2)30-12-11-13-31(24(3)4)36(30)27-18-28(39-21-37(7)32-14-9-10-15-33(32)39)20-29(19-27)40-22-38(8)34-16-25(5)26(6)17-35(34)40/h9-20,23-24H,21-22H2,1-8H3. The van der Waals surface area contributed by atoms with Gasteiger partial charge >= 0.3 is 0 Å². The Labute approximate surface area is 240 Å². The zero-order valence-electron chi connectivity index (χ0n) is 25.3. The lowest BCUT2D eigenvalue weighted by atomic mass is 9.84. The van der Waals surface area contributed by atoms with Gasteiger partial charge in [0.1, 0.15) is 0 Å². The van der Waals surface area contributed by atoms with Crippen molar-refractivity contribution in [3.05, 3.63) is 95.1 Å². The van der Waals surface area contributed by atoms with Crippen LogP contribution < -0.4 is 19.6 Å². The molecule has 0 atom stereocenters. The maximum atomic E-state index is 2.49. The van der Waals surface area contributed by atoms with Gasteiger partial charge in [-0.15, -0.1) is 0 Å². The summed E-state index contributed by atoms with van der Waals surface area (Å²) in [6, 6.07) is 27.6. The van der Waals surface area contributed by atoms with Gasteiger partial charge in [-0.3, -0.25) is 0 Å². The van der Waals surface area contributed by atoms with Crippen LogP contribution in [-0.2, 0) is 0 Å². The van der Waals surface area contributed by atoms with Crippen molar-refractivity contribution < 1.29 is 0 Å². The molecule has 0 saturated heterocycles. The summed E-state index contributed by atoms with van der Waals surface area (Å²) in [7, 11) is 4.39. The highest BCUT2D eigenvalue weighted by Crippen LogP contribution is 2.47. The molecule has 0 unspecified atom stereocenters. The van der Waals surface area contributed by atoms with Gasteiger partial charge in [-0.2, -0.15) is 0 Å². The number of fused-ring (bicyclic) bond motifs is 2. The number of benzene rings is 4. The van der Waals surface area contributed by atoms with Crippen LogP contribution in [-0.4, -0.2) is 27.4 Å². The molecular formula is C36H42N4. The highest BCUT2D eigenvalue weighted by Gasteiger charge is 2.29. The molecule has 4 aromatic rings. The molecule has 0 radical (unpaired) electrons. The molecule has 40 heavy (non-hydrogen) atoms. The molecule has 2 aliphatic heterocycles. The second kappa shape index (κ2) is 9.92. The third-order valence-electron chi connectivity index (χ3n) is 8.77. The lowest BCUT2D eigenvalue weighted by molar-refractivity contribution is 0.838. The SMILES string of the molecule is Cc1cc2c(cc1C)N(c1cc(-c3c(C(C)C)cccc3C(C)C)cc(N3CN(C)c4ccccc43)c1)CN2C. The molecule has 206 valence electrons. The predicted molar refractivity (Wildman–Crippen MR) is 173 cm³/mol. The first-order valence-corrected chi connectivity index (χ1v) is 14.6. The van der Waals surface area contributed by atoms with Crippen LogP contribution in [0.15, 0.2) is 72.8 Å². The normalized spacial score (nSPS) is 14.6. The van der Waals surface area contributed by atoms with Gasteiger partial charge in [-0.05, 0) is 102 Å². The van der Waals surface area contributed by atoms with Crippen LogP contribution in [0.25, 0.3) is 11.1 Å². The van der Waals surface area contributed by atoms with Crippen LogP contribution in [0.3, 0.4) is 0 Å². The van der Waals surface area contributed by atoms with E-state index in [2.05, 4.69) is 148 Å². The van der Waals surface area contributed by atoms with Gasteiger partial charge in [0.25, 0.3) is 0 Å². The summed E-state index contributed by atoms with van der Waals surface area (Å²) in [6.07, 6.45) is 0. The first-order valence-electron chi connectivity index (χ1n) is 14.6. The Morgan fingerprint density at radius 3 is 1.62 bits per heavy atom. The zero-order valence-corrected chi connectivity index (χ0v) is 25.3. The van der Waals surface area contributed by atoms with Crippen molar-refractivity contribution in [2.45, 2.75) is 53.4 Å². The summed E-state index contributed by atoms with van der Waals surface area (Å²) in [6.45, 7) is 15.4. The largest absolute Gasteiger partial charge is 0.355 e. The molecule has 0 bridgehead atoms. The highest BCUT2D eigenvalue weighted by atomic mass is 15.4. The van der Waals surface area contributed by atoms with E-state index in [1.807, 2.05) is 0 Å². The Morgan fingerprint density at radius 2 is 1.05 bits per heavy atom. The summed E-state index contributed by atoms with van der Waals surface area (Å²) >= 11 is 0. The second-order valence-electron chi connectivity index (χ2n) is 12.3. The van der Waals surface area contributed by atoms with Crippen molar-refractivity contribution >= 4 is 34.1 Å². The fraction of sp³-hybridized carbons (Fsp3) is 0.333. The fourth-order valence-corrected chi connectivity index (χ4v) is 6.43. The average Bonchev–Trinajstić information content (AvgIpc) is 3.44. The molecule has 0 aliphatic carbocycles. The van der Waals surface area contributed by atoms with E-state index in [1.54, 1.807) is 0 Å². The van der Waals surface area contributed by atoms with E-state index < -0.39 is 0 Å². The number of hydrogen-bond donors (Lipinski definition) is 0. The summed E-state index contributed by atoms with van der Waals surface area (Å²) in [5.74, 6) is 0.868. The topological polar surface area (TPSA) is 13.0 Å². The number of anilines is 6. The van der Waals surface area contributed by atoms with Crippen LogP contribution in [0.5, 0.6) is 0 Å². The van der Waals surface area contributed by atoms with Crippen molar-refractivity contribution in [2.24, 2.45) is 0 Å². The Hall–Kier alpha value is -3.92. The van der Waals surface area contributed by atoms with E-state index in [9.17, 15) is 0 Å². The van der Waals surface area contributed by atoms with Gasteiger partial charge in [-0.25, -0.2) is 0 Å². The van der Waals surface area contributed by atoms with E-state index in [0.29, 0.717) is 11.8 Å². The van der Waals surface area contributed by atoms with Gasteiger partial charge in [0.05, 0.1) is 36.1 Å². The Bertz CT molecular complexity index is 1560. The lowest BCUT2D eigenvalue weighted by Gasteiger charge is -2.27. The summed E-state index contributed by atoms with van der Waals surface area (Å²) < 4.78 is 0. The molecule has 6 rings (SSSR count). The third kappa shape index (κ3) is 4.30. The summed E-state index contributed by atoms with van der Waals surface area (Å²) in [5, 5.41) is 0. The van der Waals surface area contributed by atoms with Crippen LogP contribution in [0, 0.1) is 13.8 Å². The molecule has 4 aromatic carbocycles. The first kappa shape index (κ1) is 26.3. The van der Waals surface area contributed by atoms with Gasteiger partial charge in [-0.1, -0.05) is 58.0 Å². The molecule has 0 N–H and O–H groups in total. The van der Waals surface area contributed by atoms with E-state index in [1.165, 1.54) is 67.5 Å². The molecule has 0 amide bonds. The molecule has 2 heterocycles. The smallest absolute Gasteiger partial charge is 0.0950 e. The highest BCUT2D eigenvalue weighted by molar-refractivity contribution is 5.90. The van der Waals surface area contributed by atoms with Gasteiger partial charge < -0.3 is 19.6 Å². The average molecular weight is 531 g/mol. The van der Waals surface area contributed by atoms with Crippen LogP contribution in [0.1, 0.15) is 61.8 Å². The second-order valence-corrected chi connectivity index (χ2v) is 12.3. The Morgan fingerprint density at radius 1 is 0.550 bits per heavy atom. The maximum Gasteiger partial charge on any atom is 0.0950 e. The quantitative estimate of drug-likeness (QED) is 0.255. The van der Waals surface area contributed by atoms with Crippen molar-refractivity contribution in [3.8, 4) is 11.1 Å². The van der Waals surface area contributed by atoms with Gasteiger partial charge in [0.2, 0.25) is 0 Å². The van der Waals surface area contributed by atoms with E-state index >= 15 is 0 Å². The third-order valence-corrected chi connectivity index (χ3v) is 8.77. The molecule has 0 spiro atoms. The first-order chi connectivity index (χ1) is 19.1. The van der Waals surface area contributed by atoms with Crippen LogP contribution >= 0.6 is 0 Å². The number of nitrogens with zero attached hydrogens (tertiary/aromatic N) is 4. The predicted octanol–water partition coefficient (Wildman–Crippen LogP) is 9.31. The minimum atomic E-state index is 0.434. The van der Waals surface area contributed by atoms with Crippen LogP contribution in [0.2, 0.25) is 0 Å². The Kier molecular flexibility index (Phi) is 6.53. The van der Waals surface area contributed by atoms with Crippen molar-refractivity contribution in [2.75, 3.05) is 47.0 Å². The zero-order chi connectivity index (χ0) is 28.3. The molecule has 4 heteroatoms. The van der Waals surface area contributed by atoms with Crippen molar-refractivity contribution in [1.29, 1.82) is 0 Å². The lowest BCUT2D eigenvalue weighted by Crippen LogP contribution is -2.26. The molecule has 0 aromatic heterocycles. The number of aryl methyl sites for hydroxylation is 2. The van der Waals surface area contributed by atoms with Gasteiger partial charge in [0, 0.05) is 25.5 Å². The fourth-order valence-electron chi connectivity index (χ4n) is 6.43. The summed E-state index contributed by atoms with van der Waals surface area (Å²) in [5.41, 5.74) is 15.8. The van der Waals surface area contributed by atoms with Crippen LogP contribution in [0.4, 0.5) is 34.1 Å². The number of rotatable bonds is 5. The number of para-hydroxylation sites is 2. The van der Waals surface area contributed by atoms with E-state index in [4.69, 9.17) is 0 Å². The number of hydrogen-bond acceptors (Lipinski definition) is 4. The summed E-state index contributed by atoms with van der Waals surface area (Å²) in [4.78, 5) is 9.67. The molecular weight excluding hydrogens is 488 g/mol. The van der Waals surface area contributed by atoms with E-state index in [-0.39, 0.29) is 0 Å². The minimum absolute atomic E-state index is 0.434.